The molecule has 4 rings (SSSR count). The van der Waals surface area contributed by atoms with E-state index < -0.39 is 10.8 Å². The third-order valence-corrected chi connectivity index (χ3v) is 5.53. The van der Waals surface area contributed by atoms with Crippen molar-refractivity contribution in [1.29, 1.82) is 0 Å². The Kier molecular flexibility index (Phi) is 6.61. The van der Waals surface area contributed by atoms with Crippen LogP contribution in [-0.2, 0) is 0 Å². The summed E-state index contributed by atoms with van der Waals surface area (Å²) in [6.45, 7) is 1.59. The van der Waals surface area contributed by atoms with E-state index in [2.05, 4.69) is 10.4 Å². The highest BCUT2D eigenvalue weighted by Gasteiger charge is 2.21. The first kappa shape index (κ1) is 23.7. The zero-order valence-corrected chi connectivity index (χ0v) is 19.4. The fraction of sp³-hybridized carbons (Fsp3) is 0.0800. The zero-order chi connectivity index (χ0) is 25.1. The predicted molar refractivity (Wildman–Crippen MR) is 133 cm³/mol. The smallest absolute Gasteiger partial charge is 0.269 e. The summed E-state index contributed by atoms with van der Waals surface area (Å²) in [5, 5.41) is 18.7. The van der Waals surface area contributed by atoms with Gasteiger partial charge in [0.25, 0.3) is 11.6 Å². The van der Waals surface area contributed by atoms with Crippen molar-refractivity contribution < 1.29 is 14.5 Å². The number of rotatable bonds is 6. The second-order valence-electron chi connectivity index (χ2n) is 7.51. The number of aromatic nitrogens is 2. The number of benzene rings is 3. The molecule has 3 aromatic carbocycles. The van der Waals surface area contributed by atoms with Gasteiger partial charge in [0.05, 0.1) is 23.3 Å². The molecule has 1 heterocycles. The summed E-state index contributed by atoms with van der Waals surface area (Å²) >= 11 is 6.04. The average Bonchev–Trinajstić information content (AvgIpc) is 2.87. The molecule has 0 aliphatic carbocycles. The minimum absolute atomic E-state index is 0.136. The van der Waals surface area contributed by atoms with Crippen molar-refractivity contribution in [1.82, 2.24) is 9.78 Å². The van der Waals surface area contributed by atoms with E-state index in [-0.39, 0.29) is 33.8 Å². The van der Waals surface area contributed by atoms with Crippen LogP contribution in [0.5, 0.6) is 5.75 Å². The van der Waals surface area contributed by atoms with Crippen molar-refractivity contribution in [2.45, 2.75) is 6.92 Å². The Balaban J connectivity index is 1.89. The molecule has 0 spiro atoms. The third kappa shape index (κ3) is 4.90. The number of non-ortho nitro benzene ring substituents is 1. The van der Waals surface area contributed by atoms with Gasteiger partial charge in [0.15, 0.2) is 0 Å². The Bertz CT molecular complexity index is 1460. The Morgan fingerprint density at radius 2 is 1.66 bits per heavy atom. The number of methoxy groups -OCH3 is 1. The largest absolute Gasteiger partial charge is 0.497 e. The third-order valence-electron chi connectivity index (χ3n) is 5.28. The molecule has 0 atom stereocenters. The molecule has 0 unspecified atom stereocenters. The van der Waals surface area contributed by atoms with Crippen LogP contribution in [0.1, 0.15) is 16.1 Å². The van der Waals surface area contributed by atoms with Gasteiger partial charge in [-0.2, -0.15) is 5.10 Å². The van der Waals surface area contributed by atoms with Gasteiger partial charge in [-0.15, -0.1) is 0 Å². The van der Waals surface area contributed by atoms with Crippen molar-refractivity contribution in [3.05, 3.63) is 109 Å². The number of carbonyl (C=O) groups excluding carboxylic acids is 1. The molecule has 4 aromatic rings. The summed E-state index contributed by atoms with van der Waals surface area (Å²) in [6.07, 6.45) is 0. The first-order chi connectivity index (χ1) is 16.8. The molecule has 1 aromatic heterocycles. The lowest BCUT2D eigenvalue weighted by Gasteiger charge is -2.18. The fourth-order valence-corrected chi connectivity index (χ4v) is 3.59. The van der Waals surface area contributed by atoms with Crippen LogP contribution in [0.2, 0.25) is 5.02 Å². The number of carbonyl (C=O) groups is 1. The number of anilines is 1. The van der Waals surface area contributed by atoms with Gasteiger partial charge in [-0.05, 0) is 61.0 Å². The molecule has 35 heavy (non-hydrogen) atoms. The maximum Gasteiger partial charge on any atom is 0.269 e. The van der Waals surface area contributed by atoms with Crippen LogP contribution in [-0.4, -0.2) is 27.7 Å². The molecule has 0 saturated heterocycles. The predicted octanol–water partition coefficient (Wildman–Crippen LogP) is 5.03. The lowest BCUT2D eigenvalue weighted by molar-refractivity contribution is -0.384. The van der Waals surface area contributed by atoms with Crippen LogP contribution < -0.4 is 15.5 Å². The summed E-state index contributed by atoms with van der Waals surface area (Å²) in [7, 11) is 1.54. The van der Waals surface area contributed by atoms with Crippen LogP contribution in [0, 0.1) is 17.0 Å². The number of ether oxygens (including phenoxy) is 1. The molecule has 0 aliphatic rings. The normalized spacial score (nSPS) is 10.6. The average molecular weight is 491 g/mol. The van der Waals surface area contributed by atoms with Crippen LogP contribution in [0.3, 0.4) is 0 Å². The van der Waals surface area contributed by atoms with Crippen LogP contribution >= 0.6 is 11.6 Å². The molecule has 0 saturated carbocycles. The summed E-state index contributed by atoms with van der Waals surface area (Å²) in [5.74, 6) is 0.174. The quantitative estimate of drug-likeness (QED) is 0.299. The number of halogens is 1. The van der Waals surface area contributed by atoms with Crippen molar-refractivity contribution in [2.24, 2.45) is 0 Å². The minimum atomic E-state index is -0.567. The highest BCUT2D eigenvalue weighted by atomic mass is 35.5. The first-order valence-electron chi connectivity index (χ1n) is 10.4. The Morgan fingerprint density at radius 3 is 2.23 bits per heavy atom. The van der Waals surface area contributed by atoms with Gasteiger partial charge in [-0.1, -0.05) is 23.7 Å². The Hall–Kier alpha value is -4.50. The van der Waals surface area contributed by atoms with Crippen molar-refractivity contribution in [3.8, 4) is 22.6 Å². The summed E-state index contributed by atoms with van der Waals surface area (Å²) < 4.78 is 6.67. The number of nitrogens with zero attached hydrogens (tertiary/aromatic N) is 3. The summed E-state index contributed by atoms with van der Waals surface area (Å²) in [5.41, 5.74) is 1.22. The number of nitro benzene ring substituents is 1. The van der Waals surface area contributed by atoms with E-state index in [1.165, 1.54) is 36.1 Å². The number of aryl methyl sites for hydroxylation is 1. The van der Waals surface area contributed by atoms with E-state index in [9.17, 15) is 19.7 Å². The standard InChI is InChI=1S/C25H19ClN4O5/c1-15-23(31)22(16-5-13-21(35-2)14-6-16)24(29(28-15)19-11-7-18(26)8-12-19)27-25(32)17-3-9-20(10-4-17)30(33)34/h3-14H,1-2H3,(H,27,32). The number of nitro groups is 1. The summed E-state index contributed by atoms with van der Waals surface area (Å²) in [6, 6.07) is 18.7. The number of amides is 1. The van der Waals surface area contributed by atoms with Crippen molar-refractivity contribution in [2.75, 3.05) is 12.4 Å². The van der Waals surface area contributed by atoms with Crippen LogP contribution in [0.25, 0.3) is 16.8 Å². The monoisotopic (exact) mass is 490 g/mol. The molecule has 1 N–H and O–H groups in total. The summed E-state index contributed by atoms with van der Waals surface area (Å²) in [4.78, 5) is 36.8. The van der Waals surface area contributed by atoms with Crippen LogP contribution in [0.15, 0.2) is 77.6 Å². The van der Waals surface area contributed by atoms with E-state index in [0.29, 0.717) is 22.0 Å². The topological polar surface area (TPSA) is 116 Å². The van der Waals surface area contributed by atoms with Gasteiger partial charge >= 0.3 is 0 Å². The van der Waals surface area contributed by atoms with Gasteiger partial charge in [0.1, 0.15) is 17.3 Å². The molecule has 0 radical (unpaired) electrons. The van der Waals surface area contributed by atoms with Crippen LogP contribution in [0.4, 0.5) is 11.5 Å². The lowest BCUT2D eigenvalue weighted by atomic mass is 10.0. The van der Waals surface area contributed by atoms with E-state index in [1.54, 1.807) is 55.5 Å². The highest BCUT2D eigenvalue weighted by Crippen LogP contribution is 2.29. The molecular weight excluding hydrogens is 472 g/mol. The molecule has 1 amide bonds. The molecular formula is C25H19ClN4O5. The SMILES string of the molecule is COc1ccc(-c2c(NC(=O)c3ccc([N+](=O)[O-])cc3)n(-c3ccc(Cl)cc3)nc(C)c2=O)cc1. The first-order valence-corrected chi connectivity index (χ1v) is 10.8. The number of nitrogens with one attached hydrogen (secondary N) is 1. The maximum atomic E-state index is 13.3. The molecule has 10 heteroatoms. The zero-order valence-electron chi connectivity index (χ0n) is 18.7. The minimum Gasteiger partial charge on any atom is -0.497 e. The Morgan fingerprint density at radius 1 is 1.03 bits per heavy atom. The van der Waals surface area contributed by atoms with E-state index in [4.69, 9.17) is 16.3 Å². The molecule has 9 nitrogen and oxygen atoms in total. The van der Waals surface area contributed by atoms with Gasteiger partial charge in [-0.3, -0.25) is 19.7 Å². The lowest BCUT2D eigenvalue weighted by Crippen LogP contribution is -2.25. The second-order valence-corrected chi connectivity index (χ2v) is 7.95. The van der Waals surface area contributed by atoms with Crippen molar-refractivity contribution >= 4 is 29.0 Å². The van der Waals surface area contributed by atoms with E-state index in [1.807, 2.05) is 0 Å². The van der Waals surface area contributed by atoms with Gasteiger partial charge in [0.2, 0.25) is 5.43 Å². The van der Waals surface area contributed by atoms with Gasteiger partial charge in [0, 0.05) is 22.7 Å². The molecule has 0 fully saturated rings. The van der Waals surface area contributed by atoms with E-state index in [0.717, 1.165) is 0 Å². The maximum absolute atomic E-state index is 13.3. The molecule has 176 valence electrons. The Labute approximate surface area is 204 Å². The molecule has 0 bridgehead atoms. The van der Waals surface area contributed by atoms with E-state index >= 15 is 0 Å². The van der Waals surface area contributed by atoms with Gasteiger partial charge in [-0.25, -0.2) is 4.68 Å². The second kappa shape index (κ2) is 9.78. The molecule has 0 aliphatic heterocycles. The fourth-order valence-electron chi connectivity index (χ4n) is 3.46. The number of hydrogen-bond donors (Lipinski definition) is 1. The number of hydrogen-bond acceptors (Lipinski definition) is 6. The van der Waals surface area contributed by atoms with Crippen molar-refractivity contribution in [3.63, 3.8) is 0 Å². The highest BCUT2D eigenvalue weighted by molar-refractivity contribution is 6.30. The van der Waals surface area contributed by atoms with Gasteiger partial charge < -0.3 is 10.1 Å².